The second-order valence-corrected chi connectivity index (χ2v) is 8.34. The molecule has 1 N–H and O–H groups in total. The normalized spacial score (nSPS) is 23.4. The highest BCUT2D eigenvalue weighted by molar-refractivity contribution is 7.80. The van der Waals surface area contributed by atoms with Crippen LogP contribution in [-0.4, -0.2) is 51.6 Å². The van der Waals surface area contributed by atoms with Crippen LogP contribution in [-0.2, 0) is 0 Å². The lowest BCUT2D eigenvalue weighted by Crippen LogP contribution is -2.35. The number of hydrogen-bond acceptors (Lipinski definition) is 3. The number of nitrogens with one attached hydrogen (secondary N) is 1. The molecule has 3 heterocycles. The van der Waals surface area contributed by atoms with Crippen LogP contribution in [0.1, 0.15) is 55.1 Å². The number of pyridine rings is 1. The van der Waals surface area contributed by atoms with Gasteiger partial charge >= 0.3 is 0 Å². The van der Waals surface area contributed by atoms with Crippen molar-refractivity contribution in [2.45, 2.75) is 43.8 Å². The molecule has 2 aliphatic rings. The Bertz CT molecular complexity index is 766. The smallest absolute Gasteiger partial charge is 0.170 e. The van der Waals surface area contributed by atoms with E-state index in [1.54, 1.807) is 0 Å². The molecule has 0 spiro atoms. The Kier molecular flexibility index (Phi) is 5.45. The Balaban J connectivity index is 1.65. The van der Waals surface area contributed by atoms with Crippen molar-refractivity contribution in [2.75, 3.05) is 27.2 Å². The zero-order valence-corrected chi connectivity index (χ0v) is 17.0. The zero-order valence-electron chi connectivity index (χ0n) is 16.2. The van der Waals surface area contributed by atoms with Gasteiger partial charge in [0.2, 0.25) is 0 Å². The number of nitrogens with zero attached hydrogens (tertiary/aromatic N) is 4. The predicted octanol–water partition coefficient (Wildman–Crippen LogP) is 3.53. The van der Waals surface area contributed by atoms with E-state index >= 15 is 0 Å². The molecule has 1 aliphatic carbocycles. The van der Waals surface area contributed by atoms with Gasteiger partial charge in [-0.15, -0.1) is 0 Å². The van der Waals surface area contributed by atoms with Crippen LogP contribution in [0.3, 0.4) is 0 Å². The summed E-state index contributed by atoms with van der Waals surface area (Å²) in [6.45, 7) is 1.87. The predicted molar refractivity (Wildman–Crippen MR) is 113 cm³/mol. The summed E-state index contributed by atoms with van der Waals surface area (Å²) in [5.41, 5.74) is 2.37. The van der Waals surface area contributed by atoms with Gasteiger partial charge in [-0.05, 0) is 62.9 Å². The summed E-state index contributed by atoms with van der Waals surface area (Å²) in [6.07, 6.45) is 11.7. The minimum atomic E-state index is 0.0836. The first-order chi connectivity index (χ1) is 13.1. The monoisotopic (exact) mass is 383 g/mol. The summed E-state index contributed by atoms with van der Waals surface area (Å²) in [6, 6.07) is 9.30. The maximum absolute atomic E-state index is 5.72. The molecular weight excluding hydrogens is 354 g/mol. The van der Waals surface area contributed by atoms with Crippen LogP contribution >= 0.6 is 12.2 Å². The molecule has 2 aromatic rings. The van der Waals surface area contributed by atoms with Crippen LogP contribution in [0.25, 0.3) is 0 Å². The van der Waals surface area contributed by atoms with Crippen molar-refractivity contribution in [2.24, 2.45) is 0 Å². The van der Waals surface area contributed by atoms with Gasteiger partial charge in [0.1, 0.15) is 0 Å². The van der Waals surface area contributed by atoms with E-state index < -0.39 is 0 Å². The van der Waals surface area contributed by atoms with Gasteiger partial charge in [-0.1, -0.05) is 18.9 Å². The third-order valence-electron chi connectivity index (χ3n) is 5.81. The van der Waals surface area contributed by atoms with Crippen LogP contribution in [0, 0.1) is 0 Å². The van der Waals surface area contributed by atoms with Gasteiger partial charge in [-0.3, -0.25) is 4.98 Å². The Hall–Kier alpha value is -1.92. The fourth-order valence-electron chi connectivity index (χ4n) is 4.35. The fraction of sp³-hybridized carbons (Fsp3) is 0.524. The first-order valence-electron chi connectivity index (χ1n) is 9.93. The summed E-state index contributed by atoms with van der Waals surface area (Å²) in [5, 5.41) is 4.36. The van der Waals surface area contributed by atoms with E-state index in [0.717, 1.165) is 23.9 Å². The average Bonchev–Trinajstić information content (AvgIpc) is 3.40. The van der Waals surface area contributed by atoms with Crippen molar-refractivity contribution < 1.29 is 0 Å². The summed E-state index contributed by atoms with van der Waals surface area (Å²) in [4.78, 5) is 9.16. The molecule has 5 nitrogen and oxygen atoms in total. The molecule has 1 aliphatic heterocycles. The molecule has 2 fully saturated rings. The molecule has 2 aromatic heterocycles. The highest BCUT2D eigenvalue weighted by Crippen LogP contribution is 2.39. The van der Waals surface area contributed by atoms with Gasteiger partial charge in [-0.2, -0.15) is 0 Å². The lowest BCUT2D eigenvalue weighted by atomic mass is 9.99. The minimum Gasteiger partial charge on any atom is -0.352 e. The molecule has 27 heavy (non-hydrogen) atoms. The molecule has 6 heteroatoms. The van der Waals surface area contributed by atoms with Crippen LogP contribution in [0.2, 0.25) is 0 Å². The first-order valence-corrected chi connectivity index (χ1v) is 10.3. The fourth-order valence-corrected chi connectivity index (χ4v) is 4.68. The van der Waals surface area contributed by atoms with E-state index in [2.05, 4.69) is 69.4 Å². The molecule has 4 rings (SSSR count). The Morgan fingerprint density at radius 2 is 2.04 bits per heavy atom. The van der Waals surface area contributed by atoms with E-state index in [0.29, 0.717) is 6.04 Å². The molecule has 2 atom stereocenters. The Morgan fingerprint density at radius 1 is 1.22 bits per heavy atom. The van der Waals surface area contributed by atoms with E-state index in [-0.39, 0.29) is 12.1 Å². The van der Waals surface area contributed by atoms with Gasteiger partial charge in [0, 0.05) is 37.7 Å². The third-order valence-corrected chi connectivity index (χ3v) is 6.16. The quantitative estimate of drug-likeness (QED) is 0.772. The first kappa shape index (κ1) is 18.4. The van der Waals surface area contributed by atoms with Crippen molar-refractivity contribution in [1.29, 1.82) is 0 Å². The van der Waals surface area contributed by atoms with Crippen molar-refractivity contribution in [1.82, 2.24) is 24.7 Å². The van der Waals surface area contributed by atoms with Crippen molar-refractivity contribution in [3.8, 4) is 0 Å². The largest absolute Gasteiger partial charge is 0.352 e. The standard InChI is InChI=1S/C21H29N5S/c1-24(2)13-14-26-20(16-10-12-25(15-16)17-7-3-4-8-17)19(23-21(26)27)18-9-5-6-11-22-18/h5-6,9-12,15,17,19-20H,3-4,7-8,13-14H2,1-2H3,(H,23,27). The van der Waals surface area contributed by atoms with Gasteiger partial charge in [-0.25, -0.2) is 0 Å². The van der Waals surface area contributed by atoms with Crippen LogP contribution in [0.5, 0.6) is 0 Å². The number of rotatable bonds is 6. The molecule has 1 saturated carbocycles. The number of thiocarbonyl (C=S) groups is 1. The van der Waals surface area contributed by atoms with Gasteiger partial charge in [0.25, 0.3) is 0 Å². The topological polar surface area (TPSA) is 36.3 Å². The summed E-state index contributed by atoms with van der Waals surface area (Å²) in [7, 11) is 4.21. The average molecular weight is 384 g/mol. The number of aromatic nitrogens is 2. The Labute approximate surface area is 167 Å². The summed E-state index contributed by atoms with van der Waals surface area (Å²) < 4.78 is 2.42. The zero-order chi connectivity index (χ0) is 18.8. The molecule has 0 aromatic carbocycles. The molecule has 0 bridgehead atoms. The molecule has 0 amide bonds. The van der Waals surface area contributed by atoms with Crippen LogP contribution < -0.4 is 5.32 Å². The molecule has 0 radical (unpaired) electrons. The number of likely N-dealkylation sites (N-methyl/N-ethyl adjacent to an activating group) is 1. The van der Waals surface area contributed by atoms with Gasteiger partial charge in [0.05, 0.1) is 17.8 Å². The maximum Gasteiger partial charge on any atom is 0.170 e. The maximum atomic E-state index is 5.72. The van der Waals surface area contributed by atoms with Crippen LogP contribution in [0.4, 0.5) is 0 Å². The highest BCUT2D eigenvalue weighted by Gasteiger charge is 2.40. The molecule has 144 valence electrons. The van der Waals surface area contributed by atoms with Crippen molar-refractivity contribution in [3.63, 3.8) is 0 Å². The summed E-state index contributed by atoms with van der Waals surface area (Å²) >= 11 is 5.72. The molecule has 2 unspecified atom stereocenters. The van der Waals surface area contributed by atoms with Crippen LogP contribution in [0.15, 0.2) is 42.9 Å². The van der Waals surface area contributed by atoms with Crippen molar-refractivity contribution >= 4 is 17.3 Å². The second-order valence-electron chi connectivity index (χ2n) is 7.95. The lowest BCUT2D eigenvalue weighted by Gasteiger charge is -2.28. The SMILES string of the molecule is CN(C)CCN1C(=S)NC(c2ccccn2)C1c1ccn(C2CCCC2)c1. The lowest BCUT2D eigenvalue weighted by molar-refractivity contribution is 0.277. The molecular formula is C21H29N5S. The van der Waals surface area contributed by atoms with Gasteiger partial charge < -0.3 is 19.7 Å². The minimum absolute atomic E-state index is 0.0836. The third kappa shape index (κ3) is 3.87. The Morgan fingerprint density at radius 3 is 2.74 bits per heavy atom. The second kappa shape index (κ2) is 7.98. The van der Waals surface area contributed by atoms with E-state index in [9.17, 15) is 0 Å². The van der Waals surface area contributed by atoms with E-state index in [1.807, 2.05) is 12.3 Å². The number of hydrogen-bond donors (Lipinski definition) is 1. The van der Waals surface area contributed by atoms with Gasteiger partial charge in [0.15, 0.2) is 5.11 Å². The summed E-state index contributed by atoms with van der Waals surface area (Å²) in [5.74, 6) is 0. The van der Waals surface area contributed by atoms with E-state index in [1.165, 1.54) is 31.2 Å². The highest BCUT2D eigenvalue weighted by atomic mass is 32.1. The van der Waals surface area contributed by atoms with Crippen molar-refractivity contribution in [3.05, 3.63) is 54.1 Å². The molecule has 1 saturated heterocycles. The van der Waals surface area contributed by atoms with E-state index in [4.69, 9.17) is 12.2 Å².